The van der Waals surface area contributed by atoms with Crippen LogP contribution in [0.5, 0.6) is 0 Å². The van der Waals surface area contributed by atoms with Crippen molar-refractivity contribution < 1.29 is 9.50 Å². The van der Waals surface area contributed by atoms with Crippen molar-refractivity contribution in [3.8, 4) is 0 Å². The van der Waals surface area contributed by atoms with Gasteiger partial charge in [0.2, 0.25) is 0 Å². The molecule has 20 heavy (non-hydrogen) atoms. The summed E-state index contributed by atoms with van der Waals surface area (Å²) in [6, 6.07) is 14.3. The molecule has 0 spiro atoms. The third-order valence-electron chi connectivity index (χ3n) is 3.16. The molecular weight excluding hydrogens is 255 g/mol. The summed E-state index contributed by atoms with van der Waals surface area (Å²) in [6.45, 7) is 1.78. The zero-order valence-electron chi connectivity index (χ0n) is 11.3. The first-order valence-corrected chi connectivity index (χ1v) is 6.60. The highest BCUT2D eigenvalue weighted by molar-refractivity contribution is 5.46. The first kappa shape index (κ1) is 14.5. The molecule has 106 valence electrons. The van der Waals surface area contributed by atoms with Crippen LogP contribution in [0.2, 0.25) is 0 Å². The lowest BCUT2D eigenvalue weighted by Crippen LogP contribution is -2.26. The molecule has 0 radical (unpaired) electrons. The zero-order chi connectivity index (χ0) is 14.4. The fourth-order valence-electron chi connectivity index (χ4n) is 2.15. The predicted molar refractivity (Wildman–Crippen MR) is 78.5 cm³/mol. The van der Waals surface area contributed by atoms with Gasteiger partial charge in [-0.05, 0) is 29.3 Å². The lowest BCUT2D eigenvalue weighted by atomic mass is 10.1. The molecule has 0 aliphatic heterocycles. The molecule has 0 bridgehead atoms. The van der Waals surface area contributed by atoms with E-state index in [1.54, 1.807) is 6.07 Å². The van der Waals surface area contributed by atoms with Crippen LogP contribution in [0.15, 0.2) is 48.5 Å². The number of rotatable bonds is 6. The van der Waals surface area contributed by atoms with Crippen molar-refractivity contribution in [3.63, 3.8) is 0 Å². The van der Waals surface area contributed by atoms with Crippen molar-refractivity contribution in [2.45, 2.75) is 13.1 Å². The standard InChI is InChI=1S/C16H19FN2O/c17-15-6-7-16(18)14(10-15)12-19(8-9-20)11-13-4-2-1-3-5-13/h1-7,10,20H,8-9,11-12,18H2. The normalized spacial score (nSPS) is 10.9. The van der Waals surface area contributed by atoms with Gasteiger partial charge in [0.25, 0.3) is 0 Å². The Labute approximate surface area is 118 Å². The smallest absolute Gasteiger partial charge is 0.123 e. The van der Waals surface area contributed by atoms with E-state index in [1.165, 1.54) is 12.1 Å². The van der Waals surface area contributed by atoms with Crippen molar-refractivity contribution >= 4 is 5.69 Å². The largest absolute Gasteiger partial charge is 0.398 e. The van der Waals surface area contributed by atoms with E-state index in [0.717, 1.165) is 11.1 Å². The highest BCUT2D eigenvalue weighted by atomic mass is 19.1. The molecule has 0 aromatic heterocycles. The number of nitrogens with two attached hydrogens (primary N) is 1. The van der Waals surface area contributed by atoms with E-state index >= 15 is 0 Å². The first-order valence-electron chi connectivity index (χ1n) is 6.60. The lowest BCUT2D eigenvalue weighted by molar-refractivity contribution is 0.184. The van der Waals surface area contributed by atoms with Gasteiger partial charge in [-0.3, -0.25) is 4.90 Å². The molecule has 4 heteroatoms. The Bertz CT molecular complexity index is 545. The molecular formula is C16H19FN2O. The maximum atomic E-state index is 13.3. The molecule has 0 unspecified atom stereocenters. The van der Waals surface area contributed by atoms with Crippen molar-refractivity contribution in [3.05, 3.63) is 65.5 Å². The number of hydrogen-bond acceptors (Lipinski definition) is 3. The van der Waals surface area contributed by atoms with Crippen molar-refractivity contribution in [1.29, 1.82) is 0 Å². The van der Waals surface area contributed by atoms with Gasteiger partial charge in [-0.1, -0.05) is 30.3 Å². The van der Waals surface area contributed by atoms with Gasteiger partial charge < -0.3 is 10.8 Å². The fraction of sp³-hybridized carbons (Fsp3) is 0.250. The Morgan fingerprint density at radius 3 is 2.50 bits per heavy atom. The highest BCUT2D eigenvalue weighted by Crippen LogP contribution is 2.17. The van der Waals surface area contributed by atoms with Crippen LogP contribution in [-0.4, -0.2) is 23.2 Å². The summed E-state index contributed by atoms with van der Waals surface area (Å²) in [7, 11) is 0. The van der Waals surface area contributed by atoms with Gasteiger partial charge >= 0.3 is 0 Å². The lowest BCUT2D eigenvalue weighted by Gasteiger charge is -2.22. The van der Waals surface area contributed by atoms with Crippen molar-refractivity contribution in [2.75, 3.05) is 18.9 Å². The van der Waals surface area contributed by atoms with Crippen molar-refractivity contribution in [2.24, 2.45) is 0 Å². The maximum Gasteiger partial charge on any atom is 0.123 e. The zero-order valence-corrected chi connectivity index (χ0v) is 11.3. The van der Waals surface area contributed by atoms with E-state index in [1.807, 2.05) is 35.2 Å². The van der Waals surface area contributed by atoms with Gasteiger partial charge in [0.1, 0.15) is 5.82 Å². The number of halogens is 1. The Kier molecular flexibility index (Phi) is 5.09. The summed E-state index contributed by atoms with van der Waals surface area (Å²) in [5.74, 6) is -0.294. The molecule has 0 amide bonds. The average molecular weight is 274 g/mol. The maximum absolute atomic E-state index is 13.3. The number of hydrogen-bond donors (Lipinski definition) is 2. The SMILES string of the molecule is Nc1ccc(F)cc1CN(CCO)Cc1ccccc1. The second kappa shape index (κ2) is 7.03. The number of nitrogen functional groups attached to an aromatic ring is 1. The molecule has 3 N–H and O–H groups in total. The van der Waals surface area contributed by atoms with E-state index in [-0.39, 0.29) is 12.4 Å². The quantitative estimate of drug-likeness (QED) is 0.795. The number of aliphatic hydroxyl groups excluding tert-OH is 1. The van der Waals surface area contributed by atoms with E-state index in [9.17, 15) is 4.39 Å². The van der Waals surface area contributed by atoms with Gasteiger partial charge in [0, 0.05) is 25.3 Å². The van der Waals surface area contributed by atoms with E-state index in [0.29, 0.717) is 25.3 Å². The minimum absolute atomic E-state index is 0.0576. The van der Waals surface area contributed by atoms with Gasteiger partial charge in [-0.15, -0.1) is 0 Å². The Hall–Kier alpha value is -1.91. The third kappa shape index (κ3) is 4.05. The van der Waals surface area contributed by atoms with Crippen LogP contribution >= 0.6 is 0 Å². The number of nitrogens with zero attached hydrogens (tertiary/aromatic N) is 1. The minimum Gasteiger partial charge on any atom is -0.398 e. The Balaban J connectivity index is 2.11. The molecule has 2 aromatic carbocycles. The van der Waals surface area contributed by atoms with E-state index in [2.05, 4.69) is 0 Å². The van der Waals surface area contributed by atoms with Gasteiger partial charge in [-0.2, -0.15) is 0 Å². The minimum atomic E-state index is -0.294. The molecule has 3 nitrogen and oxygen atoms in total. The number of benzene rings is 2. The summed E-state index contributed by atoms with van der Waals surface area (Å²) in [5.41, 5.74) is 8.34. The van der Waals surface area contributed by atoms with Crippen LogP contribution in [0.1, 0.15) is 11.1 Å². The summed E-state index contributed by atoms with van der Waals surface area (Å²) in [6.07, 6.45) is 0. The molecule has 2 aromatic rings. The van der Waals surface area contributed by atoms with Crippen LogP contribution < -0.4 is 5.73 Å². The van der Waals surface area contributed by atoms with Crippen LogP contribution in [0.4, 0.5) is 10.1 Å². The van der Waals surface area contributed by atoms with Gasteiger partial charge in [-0.25, -0.2) is 4.39 Å². The Morgan fingerprint density at radius 2 is 1.80 bits per heavy atom. The molecule has 0 aliphatic rings. The van der Waals surface area contributed by atoms with Gasteiger partial charge in [0.05, 0.1) is 6.61 Å². The van der Waals surface area contributed by atoms with Crippen LogP contribution in [0, 0.1) is 5.82 Å². The second-order valence-corrected chi connectivity index (χ2v) is 4.76. The molecule has 0 aliphatic carbocycles. The Morgan fingerprint density at radius 1 is 1.05 bits per heavy atom. The van der Waals surface area contributed by atoms with Gasteiger partial charge in [0.15, 0.2) is 0 Å². The monoisotopic (exact) mass is 274 g/mol. The van der Waals surface area contributed by atoms with E-state index < -0.39 is 0 Å². The van der Waals surface area contributed by atoms with Crippen LogP contribution in [0.3, 0.4) is 0 Å². The fourth-order valence-corrected chi connectivity index (χ4v) is 2.15. The van der Waals surface area contributed by atoms with Crippen LogP contribution in [0.25, 0.3) is 0 Å². The highest BCUT2D eigenvalue weighted by Gasteiger charge is 2.09. The number of anilines is 1. The topological polar surface area (TPSA) is 49.5 Å². The van der Waals surface area contributed by atoms with E-state index in [4.69, 9.17) is 10.8 Å². The summed E-state index contributed by atoms with van der Waals surface area (Å²) < 4.78 is 13.3. The molecule has 0 saturated carbocycles. The molecule has 2 rings (SSSR count). The molecule has 0 saturated heterocycles. The summed E-state index contributed by atoms with van der Waals surface area (Å²) in [4.78, 5) is 2.04. The first-order chi connectivity index (χ1) is 9.69. The molecule has 0 fully saturated rings. The second-order valence-electron chi connectivity index (χ2n) is 4.76. The average Bonchev–Trinajstić information content (AvgIpc) is 2.44. The van der Waals surface area contributed by atoms with Crippen molar-refractivity contribution in [1.82, 2.24) is 4.90 Å². The summed E-state index contributed by atoms with van der Waals surface area (Å²) in [5, 5.41) is 9.17. The third-order valence-corrected chi connectivity index (χ3v) is 3.16. The number of aliphatic hydroxyl groups is 1. The summed E-state index contributed by atoms with van der Waals surface area (Å²) >= 11 is 0. The predicted octanol–water partition coefficient (Wildman–Crippen LogP) is 2.40. The van der Waals surface area contributed by atoms with Crippen LogP contribution in [-0.2, 0) is 13.1 Å². The molecule has 0 atom stereocenters. The molecule has 0 heterocycles.